The van der Waals surface area contributed by atoms with Gasteiger partial charge in [0.15, 0.2) is 6.29 Å². The molecule has 2 aromatic heterocycles. The molecule has 2 heterocycles. The minimum Gasteiger partial charge on any atom is -0.357 e. The van der Waals surface area contributed by atoms with Gasteiger partial charge < -0.3 is 4.98 Å². The van der Waals surface area contributed by atoms with Crippen LogP contribution in [0.3, 0.4) is 0 Å². The van der Waals surface area contributed by atoms with Crippen molar-refractivity contribution < 1.29 is 4.79 Å². The lowest BCUT2D eigenvalue weighted by Gasteiger charge is -1.89. The van der Waals surface area contributed by atoms with Gasteiger partial charge in [0.2, 0.25) is 0 Å². The van der Waals surface area contributed by atoms with Crippen molar-refractivity contribution in [1.29, 1.82) is 0 Å². The third-order valence-electron chi connectivity index (χ3n) is 2.05. The topological polar surface area (TPSA) is 45.8 Å². The summed E-state index contributed by atoms with van der Waals surface area (Å²) in [5, 5.41) is 0. The molecule has 0 unspecified atom stereocenters. The number of hydrogen-bond acceptors (Lipinski definition) is 2. The van der Waals surface area contributed by atoms with E-state index in [1.807, 2.05) is 12.1 Å². The maximum Gasteiger partial charge on any atom is 0.168 e. The predicted molar refractivity (Wildman–Crippen MR) is 50.9 cm³/mol. The third-order valence-corrected chi connectivity index (χ3v) is 2.05. The number of carbonyl (C=O) groups is 1. The number of rotatable bonds is 2. The summed E-state index contributed by atoms with van der Waals surface area (Å²) < 4.78 is 0. The molecule has 0 aliphatic carbocycles. The van der Waals surface area contributed by atoms with Gasteiger partial charge >= 0.3 is 0 Å². The number of aryl methyl sites for hydroxylation is 1. The van der Waals surface area contributed by atoms with Crippen LogP contribution in [-0.4, -0.2) is 16.3 Å². The van der Waals surface area contributed by atoms with E-state index in [1.165, 1.54) is 0 Å². The molecule has 2 aromatic rings. The molecule has 0 saturated heterocycles. The van der Waals surface area contributed by atoms with Gasteiger partial charge in [0.1, 0.15) is 5.69 Å². The molecule has 0 spiro atoms. The zero-order chi connectivity index (χ0) is 9.26. The minimum absolute atomic E-state index is 0.481. The Morgan fingerprint density at radius 1 is 1.54 bits per heavy atom. The van der Waals surface area contributed by atoms with E-state index in [4.69, 9.17) is 0 Å². The van der Waals surface area contributed by atoms with Crippen molar-refractivity contribution in [2.24, 2.45) is 0 Å². The van der Waals surface area contributed by atoms with Gasteiger partial charge in [0.05, 0.1) is 11.0 Å². The van der Waals surface area contributed by atoms with Gasteiger partial charge in [0.25, 0.3) is 0 Å². The summed E-state index contributed by atoms with van der Waals surface area (Å²) >= 11 is 0. The van der Waals surface area contributed by atoms with Gasteiger partial charge in [-0.15, -0.1) is 0 Å². The number of aldehydes is 1. The van der Waals surface area contributed by atoms with Crippen molar-refractivity contribution in [3.8, 4) is 0 Å². The van der Waals surface area contributed by atoms with Crippen molar-refractivity contribution in [2.45, 2.75) is 13.3 Å². The molecule has 2 rings (SSSR count). The molecule has 0 aliphatic heterocycles. The lowest BCUT2D eigenvalue weighted by atomic mass is 10.3. The van der Waals surface area contributed by atoms with Crippen LogP contribution >= 0.6 is 0 Å². The Morgan fingerprint density at radius 2 is 2.38 bits per heavy atom. The van der Waals surface area contributed by atoms with E-state index >= 15 is 0 Å². The summed E-state index contributed by atoms with van der Waals surface area (Å²) in [5.74, 6) is 0. The number of hydrogen-bond donors (Lipinski definition) is 1. The van der Waals surface area contributed by atoms with E-state index in [0.717, 1.165) is 29.4 Å². The van der Waals surface area contributed by atoms with E-state index in [0.29, 0.717) is 5.69 Å². The van der Waals surface area contributed by atoms with Gasteiger partial charge in [-0.1, -0.05) is 6.92 Å². The quantitative estimate of drug-likeness (QED) is 0.707. The lowest BCUT2D eigenvalue weighted by Crippen LogP contribution is -1.84. The van der Waals surface area contributed by atoms with Gasteiger partial charge in [-0.3, -0.25) is 4.79 Å². The fourth-order valence-corrected chi connectivity index (χ4v) is 1.34. The zero-order valence-electron chi connectivity index (χ0n) is 7.37. The van der Waals surface area contributed by atoms with Gasteiger partial charge in [-0.25, -0.2) is 4.98 Å². The zero-order valence-corrected chi connectivity index (χ0v) is 7.37. The first-order chi connectivity index (χ1) is 6.33. The van der Waals surface area contributed by atoms with Crippen LogP contribution in [0.4, 0.5) is 0 Å². The smallest absolute Gasteiger partial charge is 0.168 e. The normalized spacial score (nSPS) is 10.5. The number of pyridine rings is 1. The minimum atomic E-state index is 0.481. The Morgan fingerprint density at radius 3 is 3.08 bits per heavy atom. The van der Waals surface area contributed by atoms with Crippen molar-refractivity contribution in [3.05, 3.63) is 29.6 Å². The fraction of sp³-hybridized carbons (Fsp3) is 0.200. The highest BCUT2D eigenvalue weighted by Gasteiger charge is 2.00. The Hall–Kier alpha value is -1.64. The number of nitrogens with zero attached hydrogens (tertiary/aromatic N) is 1. The number of H-pyrrole nitrogens is 1. The van der Waals surface area contributed by atoms with E-state index in [1.54, 1.807) is 6.07 Å². The molecular formula is C10H10N2O. The summed E-state index contributed by atoms with van der Waals surface area (Å²) in [6.45, 7) is 2.07. The average Bonchev–Trinajstić information content (AvgIpc) is 2.58. The van der Waals surface area contributed by atoms with Crippen LogP contribution in [0.5, 0.6) is 0 Å². The van der Waals surface area contributed by atoms with Crippen LogP contribution in [0.25, 0.3) is 11.0 Å². The first kappa shape index (κ1) is 7.98. The van der Waals surface area contributed by atoms with Crippen LogP contribution in [-0.2, 0) is 6.42 Å². The molecule has 0 bridgehead atoms. The summed E-state index contributed by atoms with van der Waals surface area (Å²) in [6.07, 6.45) is 1.71. The highest BCUT2D eigenvalue weighted by Crippen LogP contribution is 2.13. The van der Waals surface area contributed by atoms with Crippen LogP contribution in [0, 0.1) is 0 Å². The number of carbonyl (C=O) groups excluding carboxylic acids is 1. The van der Waals surface area contributed by atoms with E-state index in [-0.39, 0.29) is 0 Å². The maximum absolute atomic E-state index is 10.5. The van der Waals surface area contributed by atoms with Crippen molar-refractivity contribution in [1.82, 2.24) is 9.97 Å². The molecule has 3 nitrogen and oxygen atoms in total. The number of nitrogens with one attached hydrogen (secondary N) is 1. The molecule has 66 valence electrons. The van der Waals surface area contributed by atoms with Crippen molar-refractivity contribution in [3.63, 3.8) is 0 Å². The second-order valence-electron chi connectivity index (χ2n) is 2.93. The van der Waals surface area contributed by atoms with Crippen LogP contribution in [0.1, 0.15) is 23.1 Å². The largest absolute Gasteiger partial charge is 0.357 e. The van der Waals surface area contributed by atoms with Gasteiger partial charge in [-0.05, 0) is 24.6 Å². The molecule has 0 aromatic carbocycles. The van der Waals surface area contributed by atoms with Crippen LogP contribution in [0.15, 0.2) is 18.2 Å². The predicted octanol–water partition coefficient (Wildman–Crippen LogP) is 1.94. The summed E-state index contributed by atoms with van der Waals surface area (Å²) in [6, 6.07) is 5.57. The molecule has 3 heteroatoms. The Labute approximate surface area is 75.8 Å². The highest BCUT2D eigenvalue weighted by molar-refractivity contribution is 5.81. The Kier molecular flexibility index (Phi) is 1.85. The van der Waals surface area contributed by atoms with Gasteiger partial charge in [0, 0.05) is 5.69 Å². The molecule has 0 saturated carbocycles. The number of aromatic nitrogens is 2. The van der Waals surface area contributed by atoms with E-state index in [9.17, 15) is 4.79 Å². The van der Waals surface area contributed by atoms with Gasteiger partial charge in [-0.2, -0.15) is 0 Å². The Bertz CT molecular complexity index is 445. The van der Waals surface area contributed by atoms with E-state index in [2.05, 4.69) is 16.9 Å². The molecular weight excluding hydrogens is 164 g/mol. The molecule has 0 radical (unpaired) electrons. The highest BCUT2D eigenvalue weighted by atomic mass is 16.1. The third kappa shape index (κ3) is 1.33. The first-order valence-corrected chi connectivity index (χ1v) is 4.27. The molecule has 0 fully saturated rings. The first-order valence-electron chi connectivity index (χ1n) is 4.27. The molecule has 0 aliphatic rings. The van der Waals surface area contributed by atoms with E-state index < -0.39 is 0 Å². The molecule has 0 atom stereocenters. The average molecular weight is 174 g/mol. The fourth-order valence-electron chi connectivity index (χ4n) is 1.34. The second-order valence-corrected chi connectivity index (χ2v) is 2.93. The van der Waals surface area contributed by atoms with Crippen LogP contribution in [0.2, 0.25) is 0 Å². The molecule has 1 N–H and O–H groups in total. The SMILES string of the molecule is CCc1cc2nc(C=O)ccc2[nH]1. The Balaban J connectivity index is 2.63. The van der Waals surface area contributed by atoms with Crippen molar-refractivity contribution in [2.75, 3.05) is 0 Å². The summed E-state index contributed by atoms with van der Waals surface area (Å²) in [4.78, 5) is 17.8. The lowest BCUT2D eigenvalue weighted by molar-refractivity contribution is 0.111. The second kappa shape index (κ2) is 3.01. The van der Waals surface area contributed by atoms with Crippen LogP contribution < -0.4 is 0 Å². The molecule has 0 amide bonds. The monoisotopic (exact) mass is 174 g/mol. The standard InChI is InChI=1S/C10H10N2O/c1-2-7-5-10-9(11-7)4-3-8(6-13)12-10/h3-6,11H,2H2,1H3. The summed E-state index contributed by atoms with van der Waals surface area (Å²) in [5.41, 5.74) is 3.48. The maximum atomic E-state index is 10.5. The molecule has 13 heavy (non-hydrogen) atoms. The number of fused-ring (bicyclic) bond motifs is 1. The van der Waals surface area contributed by atoms with Crippen molar-refractivity contribution >= 4 is 17.3 Å². The number of aromatic amines is 1. The summed E-state index contributed by atoms with van der Waals surface area (Å²) in [7, 11) is 0.